The molecule has 0 bridgehead atoms. The van der Waals surface area contributed by atoms with E-state index < -0.39 is 0 Å². The maximum absolute atomic E-state index is 6.80. The van der Waals surface area contributed by atoms with Gasteiger partial charge >= 0.3 is 0 Å². The third-order valence-electron chi connectivity index (χ3n) is 8.35. The molecule has 0 spiro atoms. The topological polar surface area (TPSA) is 40.2 Å². The van der Waals surface area contributed by atoms with Gasteiger partial charge in [0.05, 0.1) is 0 Å². The molecule has 0 unspecified atom stereocenters. The van der Waals surface area contributed by atoms with Gasteiger partial charge in [0.25, 0.3) is 0 Å². The van der Waals surface area contributed by atoms with Gasteiger partial charge in [0.1, 0.15) is 23.8 Å². The molecule has 0 radical (unpaired) electrons. The maximum Gasteiger partial charge on any atom is 0.158 e. The molecule has 2 aliphatic rings. The monoisotopic (exact) mass is 567 g/mol. The smallest absolute Gasteiger partial charge is 0.158 e. The van der Waals surface area contributed by atoms with Crippen LogP contribution in [0.15, 0.2) is 41.0 Å². The fourth-order valence-electron chi connectivity index (χ4n) is 5.86. The van der Waals surface area contributed by atoms with E-state index in [4.69, 9.17) is 18.9 Å². The van der Waals surface area contributed by atoms with Crippen molar-refractivity contribution in [2.75, 3.05) is 26.5 Å². The highest BCUT2D eigenvalue weighted by Crippen LogP contribution is 2.44. The van der Waals surface area contributed by atoms with Crippen LogP contribution < -0.4 is 9.47 Å². The Morgan fingerprint density at radius 1 is 0.976 bits per heavy atom. The summed E-state index contributed by atoms with van der Waals surface area (Å²) in [6.07, 6.45) is 16.6. The van der Waals surface area contributed by atoms with Gasteiger partial charge in [-0.2, -0.15) is 0 Å². The Balaban J connectivity index is 1.54. The molecule has 5 nitrogen and oxygen atoms in total. The van der Waals surface area contributed by atoms with Gasteiger partial charge in [-0.05, 0) is 118 Å². The van der Waals surface area contributed by atoms with E-state index in [1.165, 1.54) is 39.8 Å². The molecular formula is C36H57NO4. The van der Waals surface area contributed by atoms with Gasteiger partial charge in [0, 0.05) is 43.9 Å². The zero-order valence-corrected chi connectivity index (χ0v) is 27.4. The molecule has 0 fully saturated rings. The van der Waals surface area contributed by atoms with Crippen LogP contribution in [0.25, 0.3) is 0 Å². The molecule has 1 atom stereocenters. The van der Waals surface area contributed by atoms with Gasteiger partial charge in [0.15, 0.2) is 6.29 Å². The summed E-state index contributed by atoms with van der Waals surface area (Å²) in [5, 5.41) is 0. The highest BCUT2D eigenvalue weighted by molar-refractivity contribution is 5.55. The zero-order valence-electron chi connectivity index (χ0n) is 27.4. The molecule has 2 aliphatic heterocycles. The Kier molecular flexibility index (Phi) is 13.5. The second-order valence-corrected chi connectivity index (χ2v) is 12.5. The third kappa shape index (κ3) is 10.6. The zero-order chi connectivity index (χ0) is 29.8. The highest BCUT2D eigenvalue weighted by atomic mass is 16.7. The molecule has 2 heterocycles. The lowest BCUT2D eigenvalue weighted by molar-refractivity contribution is -0.143. The Morgan fingerprint density at radius 2 is 1.63 bits per heavy atom. The number of hydrogen-bond acceptors (Lipinski definition) is 5. The summed E-state index contributed by atoms with van der Waals surface area (Å²) in [6, 6.07) is 2.18. The number of hydrogen-bond donors (Lipinski definition) is 0. The molecule has 0 aromatic heterocycles. The van der Waals surface area contributed by atoms with Gasteiger partial charge in [-0.1, -0.05) is 34.9 Å². The summed E-state index contributed by atoms with van der Waals surface area (Å²) in [5.41, 5.74) is 8.08. The predicted molar refractivity (Wildman–Crippen MR) is 171 cm³/mol. The van der Waals surface area contributed by atoms with Crippen LogP contribution in [0, 0.1) is 6.92 Å². The van der Waals surface area contributed by atoms with E-state index in [0.29, 0.717) is 19.9 Å². The van der Waals surface area contributed by atoms with E-state index in [0.717, 1.165) is 76.0 Å². The highest BCUT2D eigenvalue weighted by Gasteiger charge is 2.35. The summed E-state index contributed by atoms with van der Waals surface area (Å²) in [7, 11) is 0. The normalized spacial score (nSPS) is 19.4. The molecule has 0 aliphatic carbocycles. The Hall–Kier alpha value is -2.08. The standard InChI is InChI=1S/C36H57NO4/c1-9-38-34(39-10-2)20-23-37-25-32-31-19-22-36(8,41-35(31)30(7)24-33(32)40-26-37)21-13-18-29(6)17-12-16-28(5)15-11-14-27(3)4/h14,16,18,24,34H,9-13,15,17,19-23,25-26H2,1-8H3/t36-/m1/s1. The number of nitrogens with zero attached hydrogens (tertiary/aromatic N) is 1. The number of ether oxygens (including phenoxy) is 4. The first-order valence-electron chi connectivity index (χ1n) is 16.0. The number of benzene rings is 1. The van der Waals surface area contributed by atoms with E-state index >= 15 is 0 Å². The summed E-state index contributed by atoms with van der Waals surface area (Å²) in [5.74, 6) is 2.11. The number of aryl methyl sites for hydroxylation is 1. The van der Waals surface area contributed by atoms with Crippen molar-refractivity contribution in [2.24, 2.45) is 0 Å². The van der Waals surface area contributed by atoms with Crippen molar-refractivity contribution >= 4 is 0 Å². The first-order valence-corrected chi connectivity index (χ1v) is 16.0. The van der Waals surface area contributed by atoms with Crippen molar-refractivity contribution in [3.05, 3.63) is 57.7 Å². The fourth-order valence-corrected chi connectivity index (χ4v) is 5.86. The van der Waals surface area contributed by atoms with Gasteiger partial charge in [0.2, 0.25) is 0 Å². The van der Waals surface area contributed by atoms with Crippen LogP contribution in [0.4, 0.5) is 0 Å². The molecule has 41 heavy (non-hydrogen) atoms. The van der Waals surface area contributed by atoms with Gasteiger partial charge in [-0.15, -0.1) is 0 Å². The fraction of sp³-hybridized carbons (Fsp3) is 0.667. The Bertz CT molecular complexity index is 1060. The van der Waals surface area contributed by atoms with E-state index in [-0.39, 0.29) is 11.9 Å². The number of allylic oxidation sites excluding steroid dienone is 6. The van der Waals surface area contributed by atoms with Crippen LogP contribution in [0.5, 0.6) is 11.5 Å². The van der Waals surface area contributed by atoms with Crippen molar-refractivity contribution in [2.45, 2.75) is 132 Å². The van der Waals surface area contributed by atoms with E-state index in [1.807, 2.05) is 13.8 Å². The molecule has 1 aromatic rings. The average Bonchev–Trinajstić information content (AvgIpc) is 2.92. The molecule has 0 saturated carbocycles. The molecule has 0 saturated heterocycles. The molecule has 1 aromatic carbocycles. The van der Waals surface area contributed by atoms with Gasteiger partial charge < -0.3 is 18.9 Å². The van der Waals surface area contributed by atoms with E-state index in [9.17, 15) is 0 Å². The average molecular weight is 568 g/mol. The Morgan fingerprint density at radius 3 is 2.29 bits per heavy atom. The van der Waals surface area contributed by atoms with Crippen LogP contribution in [-0.2, 0) is 22.4 Å². The molecule has 5 heteroatoms. The molecule has 0 amide bonds. The first kappa shape index (κ1) is 33.4. The van der Waals surface area contributed by atoms with E-state index in [2.05, 4.69) is 70.7 Å². The largest absolute Gasteiger partial charge is 0.487 e. The van der Waals surface area contributed by atoms with Gasteiger partial charge in [-0.25, -0.2) is 0 Å². The summed E-state index contributed by atoms with van der Waals surface area (Å²) >= 11 is 0. The van der Waals surface area contributed by atoms with Crippen LogP contribution >= 0.6 is 0 Å². The molecule has 230 valence electrons. The lowest BCUT2D eigenvalue weighted by Gasteiger charge is -2.39. The Labute approximate surface area is 251 Å². The van der Waals surface area contributed by atoms with Crippen molar-refractivity contribution in [3.63, 3.8) is 0 Å². The first-order chi connectivity index (χ1) is 19.6. The van der Waals surface area contributed by atoms with Gasteiger partial charge in [-0.3, -0.25) is 4.90 Å². The van der Waals surface area contributed by atoms with Crippen molar-refractivity contribution < 1.29 is 18.9 Å². The maximum atomic E-state index is 6.80. The predicted octanol–water partition coefficient (Wildman–Crippen LogP) is 9.22. The summed E-state index contributed by atoms with van der Waals surface area (Å²) in [6.45, 7) is 21.1. The van der Waals surface area contributed by atoms with Crippen LogP contribution in [-0.4, -0.2) is 43.3 Å². The lowest BCUT2D eigenvalue weighted by atomic mass is 9.85. The van der Waals surface area contributed by atoms with Crippen molar-refractivity contribution in [3.8, 4) is 11.5 Å². The van der Waals surface area contributed by atoms with Crippen LogP contribution in [0.2, 0.25) is 0 Å². The minimum Gasteiger partial charge on any atom is -0.487 e. The summed E-state index contributed by atoms with van der Waals surface area (Å²) in [4.78, 5) is 2.35. The molecule has 0 N–H and O–H groups in total. The van der Waals surface area contributed by atoms with Crippen LogP contribution in [0.3, 0.4) is 0 Å². The number of rotatable bonds is 16. The van der Waals surface area contributed by atoms with Crippen molar-refractivity contribution in [1.29, 1.82) is 0 Å². The second kappa shape index (κ2) is 16.5. The van der Waals surface area contributed by atoms with Crippen molar-refractivity contribution in [1.82, 2.24) is 4.90 Å². The number of fused-ring (bicyclic) bond motifs is 3. The quantitative estimate of drug-likeness (QED) is 0.147. The third-order valence-corrected chi connectivity index (χ3v) is 8.35. The minimum absolute atomic E-state index is 0.137. The second-order valence-electron chi connectivity index (χ2n) is 12.5. The van der Waals surface area contributed by atoms with Crippen LogP contribution in [0.1, 0.15) is 117 Å². The molecule has 3 rings (SSSR count). The van der Waals surface area contributed by atoms with E-state index in [1.54, 1.807) is 0 Å². The SMILES string of the molecule is CCOC(CCN1COc2cc(C)c3c(c2C1)CC[C@@](C)(CCC=C(C)CCC=C(C)CCC=C(C)C)O3)OCC. The minimum atomic E-state index is -0.154. The summed E-state index contributed by atoms with van der Waals surface area (Å²) < 4.78 is 24.5. The molecular weight excluding hydrogens is 510 g/mol. The lowest BCUT2D eigenvalue weighted by Crippen LogP contribution is -2.39.